The van der Waals surface area contributed by atoms with Crippen LogP contribution >= 0.6 is 0 Å². The summed E-state index contributed by atoms with van der Waals surface area (Å²) in [4.78, 5) is 14.3. The van der Waals surface area contributed by atoms with E-state index in [1.807, 2.05) is 34.6 Å². The Bertz CT molecular complexity index is 652. The summed E-state index contributed by atoms with van der Waals surface area (Å²) >= 11 is 0. The lowest BCUT2D eigenvalue weighted by Gasteiger charge is -2.32. The summed E-state index contributed by atoms with van der Waals surface area (Å²) in [7, 11) is -0.597. The van der Waals surface area contributed by atoms with E-state index in [0.29, 0.717) is 13.1 Å². The molecule has 0 aromatic heterocycles. The second kappa shape index (κ2) is 5.85. The van der Waals surface area contributed by atoms with Crippen LogP contribution in [0.1, 0.15) is 56.5 Å². The number of hydrogen-bond acceptors (Lipinski definition) is 3. The van der Waals surface area contributed by atoms with Crippen LogP contribution in [0.2, 0.25) is 0 Å². The molecule has 0 atom stereocenters. The number of rotatable bonds is 2. The summed E-state index contributed by atoms with van der Waals surface area (Å²) in [6, 6.07) is 3.01. The van der Waals surface area contributed by atoms with E-state index >= 15 is 0 Å². The fourth-order valence-electron chi connectivity index (χ4n) is 3.17. The third-order valence-corrected chi connectivity index (χ3v) is 5.49. The van der Waals surface area contributed by atoms with Gasteiger partial charge in [0.25, 0.3) is 5.91 Å². The molecular weight excluding hydrogens is 308 g/mol. The predicted octanol–water partition coefficient (Wildman–Crippen LogP) is 2.67. The van der Waals surface area contributed by atoms with E-state index in [9.17, 15) is 9.18 Å². The molecule has 1 amide bonds. The minimum atomic E-state index is -0.597. The first-order valence-corrected chi connectivity index (χ1v) is 8.57. The van der Waals surface area contributed by atoms with Gasteiger partial charge >= 0.3 is 7.12 Å². The van der Waals surface area contributed by atoms with E-state index in [1.165, 1.54) is 6.07 Å². The second-order valence-corrected chi connectivity index (χ2v) is 7.78. The first-order valence-electron chi connectivity index (χ1n) is 8.57. The maximum atomic E-state index is 14.4. The monoisotopic (exact) mass is 333 g/mol. The Labute approximate surface area is 143 Å². The molecule has 1 aromatic rings. The van der Waals surface area contributed by atoms with Crippen LogP contribution in [0.5, 0.6) is 0 Å². The molecule has 2 saturated heterocycles. The molecule has 2 fully saturated rings. The lowest BCUT2D eigenvalue weighted by Crippen LogP contribution is -2.41. The minimum Gasteiger partial charge on any atom is -0.399 e. The van der Waals surface area contributed by atoms with Crippen molar-refractivity contribution in [3.8, 4) is 0 Å². The highest BCUT2D eigenvalue weighted by Crippen LogP contribution is 2.36. The van der Waals surface area contributed by atoms with Crippen LogP contribution in [0, 0.1) is 12.7 Å². The van der Waals surface area contributed by atoms with Gasteiger partial charge in [0, 0.05) is 13.1 Å². The van der Waals surface area contributed by atoms with Gasteiger partial charge < -0.3 is 14.2 Å². The van der Waals surface area contributed by atoms with Gasteiger partial charge in [-0.3, -0.25) is 4.79 Å². The van der Waals surface area contributed by atoms with E-state index in [1.54, 1.807) is 11.0 Å². The number of amides is 1. The van der Waals surface area contributed by atoms with Crippen molar-refractivity contribution in [3.05, 3.63) is 29.1 Å². The van der Waals surface area contributed by atoms with Crippen LogP contribution in [-0.4, -0.2) is 42.2 Å². The Morgan fingerprint density at radius 3 is 2.21 bits per heavy atom. The van der Waals surface area contributed by atoms with Crippen LogP contribution in [0.4, 0.5) is 4.39 Å². The molecule has 1 aromatic carbocycles. The third kappa shape index (κ3) is 2.86. The molecule has 6 heteroatoms. The summed E-state index contributed by atoms with van der Waals surface area (Å²) in [6.45, 7) is 11.1. The van der Waals surface area contributed by atoms with Gasteiger partial charge in [-0.2, -0.15) is 0 Å². The Balaban J connectivity index is 1.95. The molecule has 0 aliphatic carbocycles. The standard InChI is InChI=1S/C18H25BFNO3/c1-12-10-15(20)13(16(22)21-8-6-7-9-21)11-14(12)19-23-17(2,3)18(4,5)24-19/h10-11H,6-9H2,1-5H3. The van der Waals surface area contributed by atoms with Crippen LogP contribution in [0.15, 0.2) is 12.1 Å². The smallest absolute Gasteiger partial charge is 0.399 e. The van der Waals surface area contributed by atoms with E-state index in [0.717, 1.165) is 23.9 Å². The number of benzene rings is 1. The van der Waals surface area contributed by atoms with Crippen molar-refractivity contribution < 1.29 is 18.5 Å². The molecule has 3 rings (SSSR count). The molecule has 24 heavy (non-hydrogen) atoms. The highest BCUT2D eigenvalue weighted by atomic mass is 19.1. The number of carbonyl (C=O) groups is 1. The van der Waals surface area contributed by atoms with Gasteiger partial charge in [0.2, 0.25) is 0 Å². The Morgan fingerprint density at radius 1 is 1.12 bits per heavy atom. The van der Waals surface area contributed by atoms with E-state index in [2.05, 4.69) is 0 Å². The predicted molar refractivity (Wildman–Crippen MR) is 92.0 cm³/mol. The molecule has 2 heterocycles. The number of hydrogen-bond donors (Lipinski definition) is 0. The van der Waals surface area contributed by atoms with E-state index in [4.69, 9.17) is 9.31 Å². The fraction of sp³-hybridized carbons (Fsp3) is 0.611. The van der Waals surface area contributed by atoms with E-state index in [-0.39, 0.29) is 11.5 Å². The average molecular weight is 333 g/mol. The van der Waals surface area contributed by atoms with Crippen molar-refractivity contribution >= 4 is 18.5 Å². The lowest BCUT2D eigenvalue weighted by atomic mass is 9.75. The number of nitrogens with zero attached hydrogens (tertiary/aromatic N) is 1. The third-order valence-electron chi connectivity index (χ3n) is 5.49. The largest absolute Gasteiger partial charge is 0.495 e. The maximum absolute atomic E-state index is 14.4. The van der Waals surface area contributed by atoms with Crippen LogP contribution in [0.25, 0.3) is 0 Å². The second-order valence-electron chi connectivity index (χ2n) is 7.78. The fourth-order valence-corrected chi connectivity index (χ4v) is 3.17. The Kier molecular flexibility index (Phi) is 4.25. The first kappa shape index (κ1) is 17.4. The van der Waals surface area contributed by atoms with Crippen molar-refractivity contribution in [2.45, 2.75) is 58.7 Å². The Morgan fingerprint density at radius 2 is 1.67 bits per heavy atom. The van der Waals surface area contributed by atoms with Crippen molar-refractivity contribution in [2.75, 3.05) is 13.1 Å². The van der Waals surface area contributed by atoms with Gasteiger partial charge in [-0.1, -0.05) is 0 Å². The zero-order chi connectivity index (χ0) is 17.7. The number of aryl methyl sites for hydroxylation is 1. The molecule has 0 N–H and O–H groups in total. The SMILES string of the molecule is Cc1cc(F)c(C(=O)N2CCCC2)cc1B1OC(C)(C)C(C)(C)O1. The quantitative estimate of drug-likeness (QED) is 0.781. The summed E-state index contributed by atoms with van der Waals surface area (Å²) in [5.74, 6) is -0.729. The van der Waals surface area contributed by atoms with Crippen molar-refractivity contribution in [1.29, 1.82) is 0 Å². The van der Waals surface area contributed by atoms with E-state index < -0.39 is 24.1 Å². The maximum Gasteiger partial charge on any atom is 0.495 e. The molecule has 0 bridgehead atoms. The molecule has 0 radical (unpaired) electrons. The molecule has 2 aliphatic rings. The van der Waals surface area contributed by atoms with Gasteiger partial charge in [-0.25, -0.2) is 4.39 Å². The van der Waals surface area contributed by atoms with Crippen molar-refractivity contribution in [2.24, 2.45) is 0 Å². The van der Waals surface area contributed by atoms with Crippen LogP contribution < -0.4 is 5.46 Å². The molecule has 0 saturated carbocycles. The van der Waals surface area contributed by atoms with Gasteiger partial charge in [0.05, 0.1) is 16.8 Å². The average Bonchev–Trinajstić information content (AvgIpc) is 3.05. The Hall–Kier alpha value is -1.40. The topological polar surface area (TPSA) is 38.8 Å². The summed E-state index contributed by atoms with van der Waals surface area (Å²) in [6.07, 6.45) is 1.95. The summed E-state index contributed by atoms with van der Waals surface area (Å²) < 4.78 is 26.5. The number of halogens is 1. The molecule has 130 valence electrons. The van der Waals surface area contributed by atoms with Gasteiger partial charge in [-0.05, 0) is 70.6 Å². The highest BCUT2D eigenvalue weighted by Gasteiger charge is 2.52. The zero-order valence-electron chi connectivity index (χ0n) is 15.1. The highest BCUT2D eigenvalue weighted by molar-refractivity contribution is 6.62. The normalized spacial score (nSPS) is 22.2. The number of carbonyl (C=O) groups excluding carboxylic acids is 1. The molecule has 2 aliphatic heterocycles. The van der Waals surface area contributed by atoms with Crippen molar-refractivity contribution in [3.63, 3.8) is 0 Å². The van der Waals surface area contributed by atoms with Crippen LogP contribution in [0.3, 0.4) is 0 Å². The molecule has 0 unspecified atom stereocenters. The summed E-state index contributed by atoms with van der Waals surface area (Å²) in [5, 5.41) is 0. The van der Waals surface area contributed by atoms with Gasteiger partial charge in [0.15, 0.2) is 0 Å². The van der Waals surface area contributed by atoms with Gasteiger partial charge in [-0.15, -0.1) is 0 Å². The number of likely N-dealkylation sites (tertiary alicyclic amines) is 1. The zero-order valence-corrected chi connectivity index (χ0v) is 15.1. The molecular formula is C18H25BFNO3. The first-order chi connectivity index (χ1) is 11.1. The minimum absolute atomic E-state index is 0.104. The molecule has 0 spiro atoms. The molecule has 4 nitrogen and oxygen atoms in total. The van der Waals surface area contributed by atoms with Crippen molar-refractivity contribution in [1.82, 2.24) is 4.90 Å². The lowest BCUT2D eigenvalue weighted by molar-refractivity contribution is 0.00578. The summed E-state index contributed by atoms with van der Waals surface area (Å²) in [5.41, 5.74) is 0.601. The van der Waals surface area contributed by atoms with Gasteiger partial charge in [0.1, 0.15) is 5.82 Å². The van der Waals surface area contributed by atoms with Crippen LogP contribution in [-0.2, 0) is 9.31 Å².